The minimum absolute atomic E-state index is 0.119. The smallest absolute Gasteiger partial charge is 0.312 e. The van der Waals surface area contributed by atoms with Crippen molar-refractivity contribution < 1.29 is 14.3 Å². The number of aromatic nitrogens is 1. The van der Waals surface area contributed by atoms with Crippen LogP contribution in [0.2, 0.25) is 0 Å². The van der Waals surface area contributed by atoms with Crippen LogP contribution in [0.5, 0.6) is 0 Å². The maximum absolute atomic E-state index is 12.0. The van der Waals surface area contributed by atoms with Gasteiger partial charge in [0.25, 0.3) is 0 Å². The van der Waals surface area contributed by atoms with Gasteiger partial charge in [0.2, 0.25) is 0 Å². The first-order valence-corrected chi connectivity index (χ1v) is 5.83. The Morgan fingerprint density at radius 3 is 2.59 bits per heavy atom. The molecule has 0 aromatic carbocycles. The molecule has 0 spiro atoms. The zero-order chi connectivity index (χ0) is 11.9. The van der Waals surface area contributed by atoms with Crippen LogP contribution in [-0.2, 0) is 19.7 Å². The summed E-state index contributed by atoms with van der Waals surface area (Å²) in [6.45, 7) is 1.14. The van der Waals surface area contributed by atoms with Gasteiger partial charge in [-0.2, -0.15) is 0 Å². The van der Waals surface area contributed by atoms with Crippen molar-refractivity contribution in [3.63, 3.8) is 0 Å². The lowest BCUT2D eigenvalue weighted by Gasteiger charge is -2.46. The minimum Gasteiger partial charge on any atom is -0.469 e. The van der Waals surface area contributed by atoms with Gasteiger partial charge in [-0.1, -0.05) is 6.07 Å². The van der Waals surface area contributed by atoms with Crippen LogP contribution >= 0.6 is 0 Å². The molecule has 0 N–H and O–H groups in total. The van der Waals surface area contributed by atoms with Crippen molar-refractivity contribution in [1.82, 2.24) is 4.98 Å². The highest BCUT2D eigenvalue weighted by Crippen LogP contribution is 2.62. The Bertz CT molecular complexity index is 435. The number of hydrogen-bond acceptors (Lipinski definition) is 4. The maximum atomic E-state index is 12.0. The molecule has 0 amide bonds. The van der Waals surface area contributed by atoms with Crippen molar-refractivity contribution in [3.8, 4) is 0 Å². The molecule has 1 aromatic heterocycles. The molecule has 0 unspecified atom stereocenters. The number of pyridine rings is 1. The van der Waals surface area contributed by atoms with Crippen LogP contribution in [0, 0.1) is 5.41 Å². The lowest BCUT2D eigenvalue weighted by atomic mass is 9.68. The predicted octanol–water partition coefficient (Wildman–Crippen LogP) is 1.30. The molecule has 1 aromatic rings. The Labute approximate surface area is 99.9 Å². The summed E-state index contributed by atoms with van der Waals surface area (Å²) in [5, 5.41) is 0. The van der Waals surface area contributed by atoms with Crippen LogP contribution in [-0.4, -0.2) is 31.3 Å². The number of carbonyl (C=O) groups is 1. The normalized spacial score (nSPS) is 23.6. The number of ether oxygens (including phenoxy) is 2. The van der Waals surface area contributed by atoms with Crippen molar-refractivity contribution >= 4 is 5.97 Å². The van der Waals surface area contributed by atoms with Crippen LogP contribution in [0.25, 0.3) is 0 Å². The number of esters is 1. The van der Waals surface area contributed by atoms with E-state index in [0.717, 1.165) is 18.5 Å². The minimum atomic E-state index is -0.394. The van der Waals surface area contributed by atoms with Gasteiger partial charge in [-0.15, -0.1) is 0 Å². The molecule has 3 rings (SSSR count). The molecule has 2 fully saturated rings. The third-order valence-corrected chi connectivity index (χ3v) is 4.09. The number of nitrogens with zero attached hydrogens (tertiary/aromatic N) is 1. The monoisotopic (exact) mass is 233 g/mol. The van der Waals surface area contributed by atoms with Gasteiger partial charge in [-0.05, 0) is 25.0 Å². The van der Waals surface area contributed by atoms with Crippen molar-refractivity contribution in [2.24, 2.45) is 5.41 Å². The number of carbonyl (C=O) groups excluding carboxylic acids is 1. The summed E-state index contributed by atoms with van der Waals surface area (Å²) in [6.07, 6.45) is 3.52. The second-order valence-electron chi connectivity index (χ2n) is 4.86. The lowest BCUT2D eigenvalue weighted by molar-refractivity contribution is -0.165. The standard InChI is InChI=1S/C13H15NO3/c1-16-11(15)12(5-6-12)13(8-17-9-13)10-4-2-3-7-14-10/h2-4,7H,5-6,8-9H2,1H3. The molecule has 0 radical (unpaired) electrons. The quantitative estimate of drug-likeness (QED) is 0.738. The summed E-state index contributed by atoms with van der Waals surface area (Å²) in [6, 6.07) is 5.82. The summed E-state index contributed by atoms with van der Waals surface area (Å²) < 4.78 is 10.3. The van der Waals surface area contributed by atoms with Gasteiger partial charge in [0, 0.05) is 6.20 Å². The fourth-order valence-corrected chi connectivity index (χ4v) is 2.82. The molecule has 4 heteroatoms. The van der Waals surface area contributed by atoms with Gasteiger partial charge in [0.15, 0.2) is 0 Å². The Balaban J connectivity index is 2.01. The van der Waals surface area contributed by atoms with E-state index >= 15 is 0 Å². The SMILES string of the molecule is COC(=O)C1(C2(c3ccccn3)COC2)CC1. The second-order valence-corrected chi connectivity index (χ2v) is 4.86. The molecule has 1 aliphatic heterocycles. The van der Waals surface area contributed by atoms with E-state index in [1.165, 1.54) is 7.11 Å². The van der Waals surface area contributed by atoms with Crippen LogP contribution in [0.15, 0.2) is 24.4 Å². The Morgan fingerprint density at radius 2 is 2.18 bits per heavy atom. The van der Waals surface area contributed by atoms with E-state index in [1.807, 2.05) is 18.2 Å². The van der Waals surface area contributed by atoms with Gasteiger partial charge in [-0.3, -0.25) is 9.78 Å². The van der Waals surface area contributed by atoms with E-state index in [1.54, 1.807) is 6.20 Å². The lowest BCUT2D eigenvalue weighted by Crippen LogP contribution is -2.57. The summed E-state index contributed by atoms with van der Waals surface area (Å²) in [4.78, 5) is 16.4. The zero-order valence-corrected chi connectivity index (χ0v) is 9.81. The molecule has 17 heavy (non-hydrogen) atoms. The molecule has 0 atom stereocenters. The van der Waals surface area contributed by atoms with Crippen LogP contribution in [0.3, 0.4) is 0 Å². The molecular formula is C13H15NO3. The average molecular weight is 233 g/mol. The molecule has 4 nitrogen and oxygen atoms in total. The highest BCUT2D eigenvalue weighted by molar-refractivity contribution is 5.82. The molecule has 0 bridgehead atoms. The van der Waals surface area contributed by atoms with Gasteiger partial charge in [-0.25, -0.2) is 0 Å². The fourth-order valence-electron chi connectivity index (χ4n) is 2.82. The molecule has 1 saturated heterocycles. The zero-order valence-electron chi connectivity index (χ0n) is 9.81. The van der Waals surface area contributed by atoms with E-state index in [4.69, 9.17) is 9.47 Å². The maximum Gasteiger partial charge on any atom is 0.312 e. The highest BCUT2D eigenvalue weighted by Gasteiger charge is 2.69. The third-order valence-electron chi connectivity index (χ3n) is 4.09. The van der Waals surface area contributed by atoms with Crippen molar-refractivity contribution in [2.75, 3.05) is 20.3 Å². The second kappa shape index (κ2) is 3.53. The number of hydrogen-bond donors (Lipinski definition) is 0. The molecular weight excluding hydrogens is 218 g/mol. The highest BCUT2D eigenvalue weighted by atomic mass is 16.5. The van der Waals surface area contributed by atoms with E-state index in [0.29, 0.717) is 13.2 Å². The van der Waals surface area contributed by atoms with Gasteiger partial charge >= 0.3 is 5.97 Å². The van der Waals surface area contributed by atoms with Crippen molar-refractivity contribution in [3.05, 3.63) is 30.1 Å². The fraction of sp³-hybridized carbons (Fsp3) is 0.538. The number of methoxy groups -OCH3 is 1. The first-order valence-electron chi connectivity index (χ1n) is 5.83. The van der Waals surface area contributed by atoms with E-state index in [9.17, 15) is 4.79 Å². The topological polar surface area (TPSA) is 48.4 Å². The van der Waals surface area contributed by atoms with Crippen molar-refractivity contribution in [2.45, 2.75) is 18.3 Å². The first kappa shape index (κ1) is 10.7. The van der Waals surface area contributed by atoms with Gasteiger partial charge in [0.05, 0.1) is 36.8 Å². The summed E-state index contributed by atoms with van der Waals surface area (Å²) in [5.41, 5.74) is 0.296. The summed E-state index contributed by atoms with van der Waals surface area (Å²) >= 11 is 0. The average Bonchev–Trinajstić information content (AvgIpc) is 3.10. The third kappa shape index (κ3) is 1.27. The van der Waals surface area contributed by atoms with E-state index in [-0.39, 0.29) is 11.4 Å². The van der Waals surface area contributed by atoms with Crippen LogP contribution < -0.4 is 0 Å². The first-order chi connectivity index (χ1) is 8.25. The molecule has 2 aliphatic rings. The van der Waals surface area contributed by atoms with E-state index < -0.39 is 5.41 Å². The summed E-state index contributed by atoms with van der Waals surface area (Å²) in [5.74, 6) is -0.119. The largest absolute Gasteiger partial charge is 0.469 e. The predicted molar refractivity (Wildman–Crippen MR) is 60.4 cm³/mol. The Hall–Kier alpha value is -1.42. The van der Waals surface area contributed by atoms with Gasteiger partial charge < -0.3 is 9.47 Å². The molecule has 2 heterocycles. The summed E-state index contributed by atoms with van der Waals surface area (Å²) in [7, 11) is 1.45. The van der Waals surface area contributed by atoms with Crippen molar-refractivity contribution in [1.29, 1.82) is 0 Å². The Kier molecular flexibility index (Phi) is 2.23. The molecule has 90 valence electrons. The molecule has 1 saturated carbocycles. The van der Waals surface area contributed by atoms with Crippen LogP contribution in [0.1, 0.15) is 18.5 Å². The molecule has 1 aliphatic carbocycles. The van der Waals surface area contributed by atoms with Gasteiger partial charge in [0.1, 0.15) is 0 Å². The van der Waals surface area contributed by atoms with E-state index in [2.05, 4.69) is 4.98 Å². The van der Waals surface area contributed by atoms with Crippen LogP contribution in [0.4, 0.5) is 0 Å². The Morgan fingerprint density at radius 1 is 1.41 bits per heavy atom. The number of rotatable bonds is 3.